The number of carbonyl (C=O) groups excluding carboxylic acids is 3. The predicted octanol–water partition coefficient (Wildman–Crippen LogP) is 3.83. The van der Waals surface area contributed by atoms with Crippen molar-refractivity contribution in [2.45, 2.75) is 72.6 Å². The molecule has 2 aliphatic rings. The molecule has 2 fully saturated rings. The van der Waals surface area contributed by atoms with Crippen LogP contribution in [0.3, 0.4) is 0 Å². The lowest BCUT2D eigenvalue weighted by Crippen LogP contribution is -2.37. The van der Waals surface area contributed by atoms with Gasteiger partial charge in [0.25, 0.3) is 0 Å². The Morgan fingerprint density at radius 2 is 1.75 bits per heavy atom. The zero-order valence-electron chi connectivity index (χ0n) is 15.7. The van der Waals surface area contributed by atoms with Crippen molar-refractivity contribution in [2.75, 3.05) is 6.54 Å². The molecule has 1 heterocycles. The summed E-state index contributed by atoms with van der Waals surface area (Å²) in [6.07, 6.45) is 6.16. The van der Waals surface area contributed by atoms with Crippen LogP contribution in [0.4, 0.5) is 0 Å². The lowest BCUT2D eigenvalue weighted by Gasteiger charge is -2.31. The third-order valence-electron chi connectivity index (χ3n) is 5.98. The molecule has 0 spiro atoms. The van der Waals surface area contributed by atoms with E-state index in [-0.39, 0.29) is 35.5 Å². The van der Waals surface area contributed by atoms with Crippen molar-refractivity contribution in [1.29, 1.82) is 0 Å². The van der Waals surface area contributed by atoms with Crippen LogP contribution in [0.5, 0.6) is 0 Å². The van der Waals surface area contributed by atoms with E-state index in [1.807, 2.05) is 20.8 Å². The summed E-state index contributed by atoms with van der Waals surface area (Å²) in [5.41, 5.74) is 0. The van der Waals surface area contributed by atoms with Gasteiger partial charge in [-0.1, -0.05) is 34.1 Å². The first-order valence-corrected chi connectivity index (χ1v) is 9.73. The van der Waals surface area contributed by atoms with Gasteiger partial charge in [-0.3, -0.25) is 19.3 Å². The van der Waals surface area contributed by atoms with E-state index in [1.165, 1.54) is 4.90 Å². The summed E-state index contributed by atoms with van der Waals surface area (Å²) in [4.78, 5) is 38.5. The molecule has 2 atom stereocenters. The highest BCUT2D eigenvalue weighted by Gasteiger charge is 2.41. The van der Waals surface area contributed by atoms with Crippen molar-refractivity contribution in [3.63, 3.8) is 0 Å². The molecule has 2 unspecified atom stereocenters. The number of rotatable bonds is 7. The second kappa shape index (κ2) is 8.26. The van der Waals surface area contributed by atoms with Crippen LogP contribution in [0.15, 0.2) is 0 Å². The van der Waals surface area contributed by atoms with Crippen molar-refractivity contribution in [3.05, 3.63) is 0 Å². The Labute approximate surface area is 146 Å². The monoisotopic (exact) mass is 335 g/mol. The Bertz CT molecular complexity index is 477. The normalized spacial score (nSPS) is 29.4. The number of likely N-dealkylation sites (tertiary alicyclic amines) is 1. The molecule has 0 N–H and O–H groups in total. The highest BCUT2D eigenvalue weighted by Crippen LogP contribution is 2.34. The topological polar surface area (TPSA) is 54.5 Å². The van der Waals surface area contributed by atoms with Crippen molar-refractivity contribution in [3.8, 4) is 0 Å². The van der Waals surface area contributed by atoms with Gasteiger partial charge < -0.3 is 0 Å². The molecule has 0 aromatic heterocycles. The van der Waals surface area contributed by atoms with Gasteiger partial charge in [-0.15, -0.1) is 0 Å². The smallest absolute Gasteiger partial charge is 0.233 e. The van der Waals surface area contributed by atoms with Gasteiger partial charge in [0.05, 0.1) is 0 Å². The molecule has 2 rings (SSSR count). The standard InChI is InChI=1S/C20H33NO3/c1-5-6-14(4)19(23)16-9-7-15(8-10-16)12-21-18(22)11-17(13(2)3)20(21)24/h13-17H,5-12H2,1-4H3. The first-order valence-electron chi connectivity index (χ1n) is 9.73. The van der Waals surface area contributed by atoms with Crippen LogP contribution in [0, 0.1) is 29.6 Å². The van der Waals surface area contributed by atoms with Crippen LogP contribution < -0.4 is 0 Å². The Kier molecular flexibility index (Phi) is 6.59. The number of hydrogen-bond acceptors (Lipinski definition) is 3. The molecule has 0 radical (unpaired) electrons. The number of Topliss-reactive ketones (excluding diaryl/α,β-unsaturated/α-hetero) is 1. The summed E-state index contributed by atoms with van der Waals surface area (Å²) in [6.45, 7) is 8.74. The third kappa shape index (κ3) is 4.25. The molecule has 4 nitrogen and oxygen atoms in total. The summed E-state index contributed by atoms with van der Waals surface area (Å²) >= 11 is 0. The molecule has 0 aromatic rings. The SMILES string of the molecule is CCCC(C)C(=O)C1CCC(CN2C(=O)CC(C(C)C)C2=O)CC1. The zero-order valence-corrected chi connectivity index (χ0v) is 15.7. The minimum absolute atomic E-state index is 0.00605. The van der Waals surface area contributed by atoms with Crippen LogP contribution in [-0.2, 0) is 14.4 Å². The maximum absolute atomic E-state index is 12.4. The number of nitrogens with zero attached hydrogens (tertiary/aromatic N) is 1. The largest absolute Gasteiger partial charge is 0.299 e. The van der Waals surface area contributed by atoms with Gasteiger partial charge in [-0.2, -0.15) is 0 Å². The molecule has 0 aromatic carbocycles. The molecule has 1 aliphatic heterocycles. The van der Waals surface area contributed by atoms with Crippen molar-refractivity contribution in [1.82, 2.24) is 4.90 Å². The fourth-order valence-electron chi connectivity index (χ4n) is 4.29. The van der Waals surface area contributed by atoms with Crippen LogP contribution >= 0.6 is 0 Å². The van der Waals surface area contributed by atoms with E-state index in [0.29, 0.717) is 24.7 Å². The second-order valence-corrected chi connectivity index (χ2v) is 8.21. The molecule has 4 heteroatoms. The Morgan fingerprint density at radius 1 is 1.12 bits per heavy atom. The van der Waals surface area contributed by atoms with Crippen molar-refractivity contribution >= 4 is 17.6 Å². The molecular formula is C20H33NO3. The summed E-state index contributed by atoms with van der Waals surface area (Å²) < 4.78 is 0. The molecule has 2 amide bonds. The fraction of sp³-hybridized carbons (Fsp3) is 0.850. The maximum Gasteiger partial charge on any atom is 0.233 e. The van der Waals surface area contributed by atoms with E-state index in [9.17, 15) is 14.4 Å². The van der Waals surface area contributed by atoms with Gasteiger partial charge in [0.15, 0.2) is 0 Å². The fourth-order valence-corrected chi connectivity index (χ4v) is 4.29. The van der Waals surface area contributed by atoms with Crippen LogP contribution in [-0.4, -0.2) is 29.0 Å². The van der Waals surface area contributed by atoms with E-state index in [2.05, 4.69) is 6.92 Å². The first kappa shape index (κ1) is 19.1. The number of amides is 2. The lowest BCUT2D eigenvalue weighted by molar-refractivity contribution is -0.141. The second-order valence-electron chi connectivity index (χ2n) is 8.21. The van der Waals surface area contributed by atoms with Crippen LogP contribution in [0.25, 0.3) is 0 Å². The lowest BCUT2D eigenvalue weighted by atomic mass is 9.76. The summed E-state index contributed by atoms with van der Waals surface area (Å²) in [5.74, 6) is 1.25. The molecule has 136 valence electrons. The minimum Gasteiger partial charge on any atom is -0.299 e. The van der Waals surface area contributed by atoms with Gasteiger partial charge in [0, 0.05) is 30.7 Å². The van der Waals surface area contributed by atoms with Gasteiger partial charge in [-0.25, -0.2) is 0 Å². The average Bonchev–Trinajstić information content (AvgIpc) is 2.83. The van der Waals surface area contributed by atoms with Crippen molar-refractivity contribution in [2.24, 2.45) is 29.6 Å². The highest BCUT2D eigenvalue weighted by atomic mass is 16.2. The van der Waals surface area contributed by atoms with E-state index in [1.54, 1.807) is 0 Å². The Hall–Kier alpha value is -1.19. The molecule has 1 saturated heterocycles. The van der Waals surface area contributed by atoms with Gasteiger partial charge in [-0.05, 0) is 43.9 Å². The minimum atomic E-state index is -0.134. The Balaban J connectivity index is 1.84. The predicted molar refractivity (Wildman–Crippen MR) is 94.2 cm³/mol. The molecule has 0 bridgehead atoms. The van der Waals surface area contributed by atoms with E-state index < -0.39 is 0 Å². The van der Waals surface area contributed by atoms with Crippen LogP contribution in [0.1, 0.15) is 72.6 Å². The van der Waals surface area contributed by atoms with E-state index in [0.717, 1.165) is 38.5 Å². The number of carbonyl (C=O) groups is 3. The van der Waals surface area contributed by atoms with Crippen LogP contribution in [0.2, 0.25) is 0 Å². The number of ketones is 1. The molecule has 24 heavy (non-hydrogen) atoms. The first-order chi connectivity index (χ1) is 11.3. The van der Waals surface area contributed by atoms with E-state index >= 15 is 0 Å². The molecular weight excluding hydrogens is 302 g/mol. The summed E-state index contributed by atoms with van der Waals surface area (Å²) in [5, 5.41) is 0. The Morgan fingerprint density at radius 3 is 2.25 bits per heavy atom. The highest BCUT2D eigenvalue weighted by molar-refractivity contribution is 6.03. The molecule has 1 aliphatic carbocycles. The quantitative estimate of drug-likeness (QED) is 0.664. The molecule has 1 saturated carbocycles. The van der Waals surface area contributed by atoms with Gasteiger partial charge >= 0.3 is 0 Å². The zero-order chi connectivity index (χ0) is 17.9. The summed E-state index contributed by atoms with van der Waals surface area (Å²) in [7, 11) is 0. The van der Waals surface area contributed by atoms with E-state index in [4.69, 9.17) is 0 Å². The maximum atomic E-state index is 12.4. The summed E-state index contributed by atoms with van der Waals surface area (Å²) in [6, 6.07) is 0. The number of hydrogen-bond donors (Lipinski definition) is 0. The number of imide groups is 1. The van der Waals surface area contributed by atoms with Gasteiger partial charge in [0.1, 0.15) is 5.78 Å². The van der Waals surface area contributed by atoms with Gasteiger partial charge in [0.2, 0.25) is 11.8 Å². The van der Waals surface area contributed by atoms with Crippen molar-refractivity contribution < 1.29 is 14.4 Å². The third-order valence-corrected chi connectivity index (χ3v) is 5.98. The average molecular weight is 335 g/mol.